The predicted octanol–water partition coefficient (Wildman–Crippen LogP) is 0.761. The van der Waals surface area contributed by atoms with Gasteiger partial charge in [0, 0.05) is 51.7 Å². The van der Waals surface area contributed by atoms with Crippen molar-refractivity contribution in [3.05, 3.63) is 42.2 Å². The molecule has 1 aliphatic rings. The monoisotopic (exact) mass is 384 g/mol. The number of nitrogens with one attached hydrogen (secondary N) is 1. The number of piperazine rings is 1. The number of amides is 2. The van der Waals surface area contributed by atoms with E-state index in [1.165, 1.54) is 22.7 Å². The minimum atomic E-state index is -0.806. The maximum atomic E-state index is 14.5. The number of carbonyl (C=O) groups excluding carboxylic acids is 3. The fourth-order valence-corrected chi connectivity index (χ4v) is 3.32. The van der Waals surface area contributed by atoms with E-state index in [1.807, 2.05) is 0 Å². The van der Waals surface area contributed by atoms with Crippen LogP contribution in [0.3, 0.4) is 0 Å². The van der Waals surface area contributed by atoms with Crippen LogP contribution in [0.2, 0.25) is 0 Å². The van der Waals surface area contributed by atoms with Gasteiger partial charge in [-0.05, 0) is 6.07 Å². The van der Waals surface area contributed by atoms with Gasteiger partial charge in [-0.3, -0.25) is 14.4 Å². The van der Waals surface area contributed by atoms with Crippen LogP contribution < -0.4 is 0 Å². The normalized spacial score (nSPS) is 14.5. The van der Waals surface area contributed by atoms with Crippen molar-refractivity contribution in [2.75, 3.05) is 26.2 Å². The predicted molar refractivity (Wildman–Crippen MR) is 96.3 cm³/mol. The van der Waals surface area contributed by atoms with Gasteiger partial charge in [-0.25, -0.2) is 14.1 Å². The molecule has 0 spiro atoms. The highest BCUT2D eigenvalue weighted by Crippen LogP contribution is 2.26. The van der Waals surface area contributed by atoms with Gasteiger partial charge in [0.1, 0.15) is 0 Å². The molecule has 0 aromatic carbocycles. The fourth-order valence-electron chi connectivity index (χ4n) is 3.32. The SMILES string of the molecule is CC(=O)N1CCN(C(=O)C(=O)c2c[nH]c3c(-n4cccn4)ncc(F)c23)CC1. The smallest absolute Gasteiger partial charge is 0.295 e. The van der Waals surface area contributed by atoms with E-state index >= 15 is 0 Å². The first-order valence-corrected chi connectivity index (χ1v) is 8.72. The maximum absolute atomic E-state index is 14.5. The van der Waals surface area contributed by atoms with Gasteiger partial charge in [-0.1, -0.05) is 0 Å². The third-order valence-corrected chi connectivity index (χ3v) is 4.82. The molecule has 1 aliphatic heterocycles. The number of nitrogens with zero attached hydrogens (tertiary/aromatic N) is 5. The Labute approximate surface area is 158 Å². The highest BCUT2D eigenvalue weighted by Gasteiger charge is 2.30. The zero-order valence-corrected chi connectivity index (χ0v) is 15.1. The topological polar surface area (TPSA) is 104 Å². The lowest BCUT2D eigenvalue weighted by Gasteiger charge is -2.33. The second kappa shape index (κ2) is 6.87. The number of rotatable bonds is 3. The Balaban J connectivity index is 1.64. The van der Waals surface area contributed by atoms with Crippen molar-refractivity contribution in [2.45, 2.75) is 6.92 Å². The molecule has 0 saturated carbocycles. The molecular formula is C18H17FN6O3. The van der Waals surface area contributed by atoms with E-state index < -0.39 is 17.5 Å². The quantitative estimate of drug-likeness (QED) is 0.530. The van der Waals surface area contributed by atoms with Crippen molar-refractivity contribution < 1.29 is 18.8 Å². The van der Waals surface area contributed by atoms with Gasteiger partial charge < -0.3 is 14.8 Å². The Morgan fingerprint density at radius 2 is 1.86 bits per heavy atom. The summed E-state index contributed by atoms with van der Waals surface area (Å²) < 4.78 is 15.9. The number of aromatic nitrogens is 4. The molecule has 28 heavy (non-hydrogen) atoms. The molecule has 144 valence electrons. The molecular weight excluding hydrogens is 367 g/mol. The van der Waals surface area contributed by atoms with Crippen LogP contribution in [-0.4, -0.2) is 73.3 Å². The molecule has 0 atom stereocenters. The maximum Gasteiger partial charge on any atom is 0.295 e. The zero-order valence-electron chi connectivity index (χ0n) is 15.1. The molecule has 0 radical (unpaired) electrons. The third kappa shape index (κ3) is 2.92. The second-order valence-electron chi connectivity index (χ2n) is 6.46. The van der Waals surface area contributed by atoms with Gasteiger partial charge >= 0.3 is 0 Å². The number of aromatic amines is 1. The highest BCUT2D eigenvalue weighted by atomic mass is 19.1. The zero-order chi connectivity index (χ0) is 19.8. The Kier molecular flexibility index (Phi) is 4.38. The number of pyridine rings is 1. The molecule has 10 heteroatoms. The summed E-state index contributed by atoms with van der Waals surface area (Å²) in [5, 5.41) is 4.07. The Bertz CT molecular complexity index is 1070. The minimum Gasteiger partial charge on any atom is -0.357 e. The summed E-state index contributed by atoms with van der Waals surface area (Å²) in [6, 6.07) is 1.69. The average molecular weight is 384 g/mol. The lowest BCUT2D eigenvalue weighted by atomic mass is 10.1. The molecule has 3 aromatic rings. The molecule has 3 aromatic heterocycles. The molecule has 4 rings (SSSR count). The molecule has 4 heterocycles. The van der Waals surface area contributed by atoms with Crippen LogP contribution in [0.1, 0.15) is 17.3 Å². The standard InChI is InChI=1S/C18H17FN6O3/c1-11(26)23-5-7-24(8-6-23)18(28)16(27)12-9-20-15-14(12)13(19)10-21-17(15)25-4-2-3-22-25/h2-4,9-10,20H,5-8H2,1H3. The Morgan fingerprint density at radius 1 is 1.14 bits per heavy atom. The van der Waals surface area contributed by atoms with E-state index in [-0.39, 0.29) is 35.5 Å². The molecule has 1 saturated heterocycles. The number of carbonyl (C=O) groups is 3. The minimum absolute atomic E-state index is 0.00113. The van der Waals surface area contributed by atoms with Crippen molar-refractivity contribution >= 4 is 28.5 Å². The van der Waals surface area contributed by atoms with E-state index in [9.17, 15) is 18.8 Å². The van der Waals surface area contributed by atoms with Gasteiger partial charge in [0.2, 0.25) is 5.91 Å². The molecule has 2 amide bonds. The molecule has 0 unspecified atom stereocenters. The van der Waals surface area contributed by atoms with Crippen LogP contribution >= 0.6 is 0 Å². The first-order valence-electron chi connectivity index (χ1n) is 8.72. The van der Waals surface area contributed by atoms with Crippen LogP contribution in [0.25, 0.3) is 16.7 Å². The van der Waals surface area contributed by atoms with Crippen molar-refractivity contribution in [3.8, 4) is 5.82 Å². The largest absolute Gasteiger partial charge is 0.357 e. The van der Waals surface area contributed by atoms with Crippen molar-refractivity contribution in [1.82, 2.24) is 29.5 Å². The number of Topliss-reactive ketones (excluding diaryl/α,β-unsaturated/α-hetero) is 1. The summed E-state index contributed by atoms with van der Waals surface area (Å²) >= 11 is 0. The summed E-state index contributed by atoms with van der Waals surface area (Å²) in [5.41, 5.74) is 0.226. The molecule has 9 nitrogen and oxygen atoms in total. The summed E-state index contributed by atoms with van der Waals surface area (Å²) in [6.07, 6.45) is 5.51. The number of ketones is 1. The van der Waals surface area contributed by atoms with Crippen LogP contribution in [-0.2, 0) is 9.59 Å². The van der Waals surface area contributed by atoms with E-state index in [4.69, 9.17) is 0 Å². The van der Waals surface area contributed by atoms with E-state index in [0.717, 1.165) is 6.20 Å². The highest BCUT2D eigenvalue weighted by molar-refractivity contribution is 6.45. The fraction of sp³-hybridized carbons (Fsp3) is 0.278. The first-order chi connectivity index (χ1) is 13.5. The van der Waals surface area contributed by atoms with Crippen LogP contribution in [0, 0.1) is 5.82 Å². The molecule has 1 fully saturated rings. The van der Waals surface area contributed by atoms with E-state index in [1.54, 1.807) is 23.4 Å². The summed E-state index contributed by atoms with van der Waals surface area (Å²) in [7, 11) is 0. The Hall–Kier alpha value is -3.56. The van der Waals surface area contributed by atoms with Crippen molar-refractivity contribution in [1.29, 1.82) is 0 Å². The molecule has 1 N–H and O–H groups in total. The summed E-state index contributed by atoms with van der Waals surface area (Å²) in [6.45, 7) is 2.71. The first kappa shape index (κ1) is 17.8. The van der Waals surface area contributed by atoms with Crippen LogP contribution in [0.15, 0.2) is 30.9 Å². The van der Waals surface area contributed by atoms with Gasteiger partial charge in [-0.15, -0.1) is 0 Å². The van der Waals surface area contributed by atoms with Gasteiger partial charge in [0.25, 0.3) is 11.7 Å². The lowest BCUT2D eigenvalue weighted by molar-refractivity contribution is -0.135. The van der Waals surface area contributed by atoms with Gasteiger partial charge in [0.05, 0.1) is 22.7 Å². The summed E-state index contributed by atoms with van der Waals surface area (Å²) in [5.74, 6) is -1.98. The second-order valence-corrected chi connectivity index (χ2v) is 6.46. The van der Waals surface area contributed by atoms with E-state index in [0.29, 0.717) is 18.9 Å². The molecule has 0 aliphatic carbocycles. The number of hydrogen-bond acceptors (Lipinski definition) is 5. The average Bonchev–Trinajstić information content (AvgIpc) is 3.38. The number of H-pyrrole nitrogens is 1. The number of fused-ring (bicyclic) bond motifs is 1. The van der Waals surface area contributed by atoms with Gasteiger partial charge in [0.15, 0.2) is 11.6 Å². The number of halogens is 1. The molecule has 0 bridgehead atoms. The van der Waals surface area contributed by atoms with E-state index in [2.05, 4.69) is 15.1 Å². The van der Waals surface area contributed by atoms with Crippen molar-refractivity contribution in [3.63, 3.8) is 0 Å². The van der Waals surface area contributed by atoms with Gasteiger partial charge in [-0.2, -0.15) is 5.10 Å². The third-order valence-electron chi connectivity index (χ3n) is 4.82. The Morgan fingerprint density at radius 3 is 2.50 bits per heavy atom. The number of hydrogen-bond donors (Lipinski definition) is 1. The summed E-state index contributed by atoms with van der Waals surface area (Å²) in [4.78, 5) is 46.7. The van der Waals surface area contributed by atoms with Crippen molar-refractivity contribution in [2.24, 2.45) is 0 Å². The van der Waals surface area contributed by atoms with Crippen LogP contribution in [0.5, 0.6) is 0 Å². The van der Waals surface area contributed by atoms with Crippen LogP contribution in [0.4, 0.5) is 4.39 Å². The lowest BCUT2D eigenvalue weighted by Crippen LogP contribution is -2.51.